The number of carbonyl (C=O) groups is 1. The van der Waals surface area contributed by atoms with E-state index < -0.39 is 0 Å². The molecular weight excluding hydrogens is 336 g/mol. The number of carbonyl (C=O) groups excluding carboxylic acids is 1. The van der Waals surface area contributed by atoms with Crippen LogP contribution in [0, 0.1) is 13.8 Å². The summed E-state index contributed by atoms with van der Waals surface area (Å²) in [6.07, 6.45) is 1.63. The minimum absolute atomic E-state index is 0.265. The molecule has 0 bridgehead atoms. The normalized spacial score (nSPS) is 10.3. The summed E-state index contributed by atoms with van der Waals surface area (Å²) in [6.45, 7) is 8.11. The first-order valence-corrected chi connectivity index (χ1v) is 8.75. The summed E-state index contributed by atoms with van der Waals surface area (Å²) < 4.78 is 0. The van der Waals surface area contributed by atoms with Crippen LogP contribution in [0.25, 0.3) is 11.4 Å². The van der Waals surface area contributed by atoms with Crippen molar-refractivity contribution < 1.29 is 4.79 Å². The van der Waals surface area contributed by atoms with Gasteiger partial charge in [0.1, 0.15) is 11.5 Å². The Hall–Kier alpha value is -3.47. The molecule has 3 aromatic rings. The Bertz CT molecular complexity index is 967. The zero-order chi connectivity index (χ0) is 19.2. The third-order valence-electron chi connectivity index (χ3n) is 4.27. The van der Waals surface area contributed by atoms with Gasteiger partial charge in [0.2, 0.25) is 0 Å². The number of rotatable bonds is 6. The molecular formula is C22H22N4O. The van der Waals surface area contributed by atoms with Gasteiger partial charge in [-0.05, 0) is 31.0 Å². The quantitative estimate of drug-likeness (QED) is 0.640. The summed E-state index contributed by atoms with van der Waals surface area (Å²) in [5.41, 5.74) is 4.42. The average molecular weight is 358 g/mol. The van der Waals surface area contributed by atoms with Gasteiger partial charge < -0.3 is 10.6 Å². The van der Waals surface area contributed by atoms with Crippen LogP contribution < -0.4 is 10.6 Å². The van der Waals surface area contributed by atoms with E-state index in [1.165, 1.54) is 5.56 Å². The monoisotopic (exact) mass is 358 g/mol. The van der Waals surface area contributed by atoms with Crippen molar-refractivity contribution in [1.82, 2.24) is 15.3 Å². The maximum atomic E-state index is 12.4. The van der Waals surface area contributed by atoms with Crippen LogP contribution in [0.4, 0.5) is 11.5 Å². The number of hydrogen-bond donors (Lipinski definition) is 2. The first kappa shape index (κ1) is 18.3. The van der Waals surface area contributed by atoms with E-state index in [9.17, 15) is 4.79 Å². The Morgan fingerprint density at radius 2 is 1.85 bits per heavy atom. The molecule has 0 aliphatic rings. The number of aromatic nitrogens is 2. The molecule has 136 valence electrons. The molecule has 0 fully saturated rings. The number of nitrogens with zero attached hydrogens (tertiary/aromatic N) is 2. The molecule has 0 saturated carbocycles. The number of amides is 1. The molecule has 2 aromatic carbocycles. The fourth-order valence-electron chi connectivity index (χ4n) is 2.62. The molecule has 1 heterocycles. The van der Waals surface area contributed by atoms with Gasteiger partial charge in [-0.25, -0.2) is 9.97 Å². The van der Waals surface area contributed by atoms with Gasteiger partial charge in [-0.1, -0.05) is 48.5 Å². The molecule has 1 aromatic heterocycles. The van der Waals surface area contributed by atoms with Gasteiger partial charge in [-0.2, -0.15) is 0 Å². The predicted molar refractivity (Wildman–Crippen MR) is 109 cm³/mol. The van der Waals surface area contributed by atoms with E-state index in [4.69, 9.17) is 0 Å². The number of aryl methyl sites for hydroxylation is 1. The smallest absolute Gasteiger partial charge is 0.270 e. The minimum atomic E-state index is -0.265. The van der Waals surface area contributed by atoms with E-state index in [1.54, 1.807) is 12.1 Å². The Morgan fingerprint density at radius 3 is 2.59 bits per heavy atom. The van der Waals surface area contributed by atoms with E-state index in [0.29, 0.717) is 23.9 Å². The maximum absolute atomic E-state index is 12.4. The Kier molecular flexibility index (Phi) is 5.61. The second-order valence-corrected chi connectivity index (χ2v) is 6.20. The fourth-order valence-corrected chi connectivity index (χ4v) is 2.62. The van der Waals surface area contributed by atoms with Crippen LogP contribution in [0.15, 0.2) is 67.3 Å². The number of hydrogen-bond acceptors (Lipinski definition) is 4. The summed E-state index contributed by atoms with van der Waals surface area (Å²) in [4.78, 5) is 21.5. The second kappa shape index (κ2) is 8.27. The van der Waals surface area contributed by atoms with E-state index in [0.717, 1.165) is 16.8 Å². The van der Waals surface area contributed by atoms with Crippen molar-refractivity contribution in [2.75, 3.05) is 11.9 Å². The largest absolute Gasteiger partial charge is 0.347 e. The van der Waals surface area contributed by atoms with Crippen molar-refractivity contribution in [1.29, 1.82) is 0 Å². The highest BCUT2D eigenvalue weighted by Gasteiger charge is 2.13. The van der Waals surface area contributed by atoms with Gasteiger partial charge in [-0.15, -0.1) is 6.58 Å². The SMILES string of the molecule is C=CCNC(=O)c1cc(Nc2cccc(C)c2C)nc(-c2ccccc2)n1. The van der Waals surface area contributed by atoms with Crippen molar-refractivity contribution in [3.05, 3.63) is 84.1 Å². The summed E-state index contributed by atoms with van der Waals surface area (Å²) in [5.74, 6) is 0.800. The molecule has 0 atom stereocenters. The lowest BCUT2D eigenvalue weighted by atomic mass is 10.1. The Balaban J connectivity index is 2.02. The van der Waals surface area contributed by atoms with Crippen LogP contribution in [0.5, 0.6) is 0 Å². The standard InChI is InChI=1S/C22H22N4O/c1-4-13-23-22(27)19-14-20(24-18-12-8-9-15(2)16(18)3)26-21(25-19)17-10-6-5-7-11-17/h4-12,14H,1,13H2,2-3H3,(H,23,27)(H,24,25,26). The Labute approximate surface area is 159 Å². The molecule has 0 aliphatic heterocycles. The molecule has 5 nitrogen and oxygen atoms in total. The first-order valence-electron chi connectivity index (χ1n) is 8.75. The van der Waals surface area contributed by atoms with Crippen molar-refractivity contribution >= 4 is 17.4 Å². The number of nitrogens with one attached hydrogen (secondary N) is 2. The third kappa shape index (κ3) is 4.39. The maximum Gasteiger partial charge on any atom is 0.270 e. The van der Waals surface area contributed by atoms with Crippen molar-refractivity contribution in [3.63, 3.8) is 0 Å². The van der Waals surface area contributed by atoms with Gasteiger partial charge in [0, 0.05) is 23.9 Å². The van der Waals surface area contributed by atoms with Crippen LogP contribution in [0.2, 0.25) is 0 Å². The fraction of sp³-hybridized carbons (Fsp3) is 0.136. The van der Waals surface area contributed by atoms with Crippen LogP contribution in [0.1, 0.15) is 21.6 Å². The van der Waals surface area contributed by atoms with Crippen LogP contribution in [-0.4, -0.2) is 22.4 Å². The molecule has 27 heavy (non-hydrogen) atoms. The molecule has 2 N–H and O–H groups in total. The molecule has 0 unspecified atom stereocenters. The van der Waals surface area contributed by atoms with Gasteiger partial charge in [0.25, 0.3) is 5.91 Å². The molecule has 0 aliphatic carbocycles. The Morgan fingerprint density at radius 1 is 1.07 bits per heavy atom. The zero-order valence-corrected chi connectivity index (χ0v) is 15.5. The van der Waals surface area contributed by atoms with E-state index >= 15 is 0 Å². The first-order chi connectivity index (χ1) is 13.1. The van der Waals surface area contributed by atoms with Crippen molar-refractivity contribution in [2.24, 2.45) is 0 Å². The summed E-state index contributed by atoms with van der Waals surface area (Å²) in [5, 5.41) is 6.09. The molecule has 1 amide bonds. The number of anilines is 2. The molecule has 0 saturated heterocycles. The summed E-state index contributed by atoms with van der Waals surface area (Å²) in [6, 6.07) is 17.3. The minimum Gasteiger partial charge on any atom is -0.347 e. The van der Waals surface area contributed by atoms with Crippen molar-refractivity contribution in [3.8, 4) is 11.4 Å². The summed E-state index contributed by atoms with van der Waals surface area (Å²) in [7, 11) is 0. The predicted octanol–water partition coefficient (Wildman–Crippen LogP) is 4.42. The highest BCUT2D eigenvalue weighted by Crippen LogP contribution is 2.24. The molecule has 0 spiro atoms. The second-order valence-electron chi connectivity index (χ2n) is 6.20. The zero-order valence-electron chi connectivity index (χ0n) is 15.5. The molecule has 5 heteroatoms. The topological polar surface area (TPSA) is 66.9 Å². The summed E-state index contributed by atoms with van der Waals surface area (Å²) >= 11 is 0. The van der Waals surface area contributed by atoms with Crippen LogP contribution in [0.3, 0.4) is 0 Å². The number of benzene rings is 2. The van der Waals surface area contributed by atoms with Crippen LogP contribution >= 0.6 is 0 Å². The lowest BCUT2D eigenvalue weighted by Crippen LogP contribution is -2.24. The van der Waals surface area contributed by atoms with E-state index in [-0.39, 0.29) is 5.91 Å². The van der Waals surface area contributed by atoms with Crippen molar-refractivity contribution in [2.45, 2.75) is 13.8 Å². The highest BCUT2D eigenvalue weighted by molar-refractivity contribution is 5.93. The molecule has 3 rings (SSSR count). The van der Waals surface area contributed by atoms with Gasteiger partial charge in [0.05, 0.1) is 0 Å². The van der Waals surface area contributed by atoms with Gasteiger partial charge in [-0.3, -0.25) is 4.79 Å². The van der Waals surface area contributed by atoms with Gasteiger partial charge >= 0.3 is 0 Å². The lowest BCUT2D eigenvalue weighted by Gasteiger charge is -2.13. The molecule has 0 radical (unpaired) electrons. The van der Waals surface area contributed by atoms with Gasteiger partial charge in [0.15, 0.2) is 5.82 Å². The van der Waals surface area contributed by atoms with E-state index in [1.807, 2.05) is 42.5 Å². The van der Waals surface area contributed by atoms with Crippen LogP contribution in [-0.2, 0) is 0 Å². The lowest BCUT2D eigenvalue weighted by molar-refractivity contribution is 0.0953. The van der Waals surface area contributed by atoms with E-state index in [2.05, 4.69) is 47.1 Å². The highest BCUT2D eigenvalue weighted by atomic mass is 16.1. The third-order valence-corrected chi connectivity index (χ3v) is 4.27. The average Bonchev–Trinajstić information content (AvgIpc) is 2.70.